The molecule has 0 N–H and O–H groups in total. The third-order valence-electron chi connectivity index (χ3n) is 5.83. The van der Waals surface area contributed by atoms with Gasteiger partial charge in [0, 0.05) is 21.7 Å². The zero-order valence-corrected chi connectivity index (χ0v) is 23.9. The van der Waals surface area contributed by atoms with E-state index in [1.807, 2.05) is 0 Å². The summed E-state index contributed by atoms with van der Waals surface area (Å²) in [5, 5.41) is 5.86. The average molecular weight is 537 g/mol. The molecule has 0 unspecified atom stereocenters. The van der Waals surface area contributed by atoms with Crippen molar-refractivity contribution in [2.24, 2.45) is 0 Å². The van der Waals surface area contributed by atoms with Crippen molar-refractivity contribution in [1.82, 2.24) is 0 Å². The van der Waals surface area contributed by atoms with Crippen molar-refractivity contribution in [3.63, 3.8) is 0 Å². The molecule has 3 aromatic rings. The zero-order valence-electron chi connectivity index (χ0n) is 18.9. The van der Waals surface area contributed by atoms with E-state index in [0.717, 1.165) is 6.42 Å². The molecule has 168 valence electrons. The van der Waals surface area contributed by atoms with Gasteiger partial charge in [-0.25, -0.2) is 5.57 Å². The van der Waals surface area contributed by atoms with Crippen molar-refractivity contribution in [3.8, 4) is 0 Å². The van der Waals surface area contributed by atoms with E-state index < -0.39 is 8.07 Å². The first-order valence-electron chi connectivity index (χ1n) is 10.0. The van der Waals surface area contributed by atoms with Gasteiger partial charge < -0.3 is 0 Å². The molecular formula is C27H30Cl3SiTi-. The summed E-state index contributed by atoms with van der Waals surface area (Å²) >= 11 is 0. The molecule has 32 heavy (non-hydrogen) atoms. The Labute approximate surface area is 227 Å². The molecule has 0 saturated carbocycles. The van der Waals surface area contributed by atoms with Crippen LogP contribution in [0.2, 0.25) is 0 Å². The van der Waals surface area contributed by atoms with E-state index in [1.54, 1.807) is 0 Å². The Bertz CT molecular complexity index is 994. The van der Waals surface area contributed by atoms with Crippen molar-refractivity contribution >= 4 is 60.9 Å². The zero-order chi connectivity index (χ0) is 19.7. The van der Waals surface area contributed by atoms with Gasteiger partial charge in [0.25, 0.3) is 0 Å². The second-order valence-electron chi connectivity index (χ2n) is 7.98. The van der Waals surface area contributed by atoms with Crippen LogP contribution in [0.1, 0.15) is 30.0 Å². The predicted octanol–water partition coefficient (Wildman–Crippen LogP) is 5.96. The molecule has 0 nitrogen and oxygen atoms in total. The molecule has 1 aliphatic rings. The first-order chi connectivity index (χ1) is 13.5. The Morgan fingerprint density at radius 2 is 1.00 bits per heavy atom. The van der Waals surface area contributed by atoms with Gasteiger partial charge >= 0.3 is 0 Å². The number of hydrogen-bond donors (Lipinski definition) is 0. The summed E-state index contributed by atoms with van der Waals surface area (Å²) in [7, 11) is -2.39. The Morgan fingerprint density at radius 3 is 1.28 bits per heavy atom. The Morgan fingerprint density at radius 1 is 0.625 bits per heavy atom. The topological polar surface area (TPSA) is 0 Å². The minimum Gasteiger partial charge on any atom is -0.270 e. The minimum atomic E-state index is -2.39. The normalized spacial score (nSPS) is 12.2. The van der Waals surface area contributed by atoms with Crippen LogP contribution >= 0.6 is 37.2 Å². The molecule has 0 bridgehead atoms. The monoisotopic (exact) mass is 535 g/mol. The van der Waals surface area contributed by atoms with Crippen LogP contribution in [0.25, 0.3) is 0 Å². The van der Waals surface area contributed by atoms with Gasteiger partial charge in [-0.05, 0) is 20.8 Å². The third-order valence-corrected chi connectivity index (χ3v) is 10.8. The minimum absolute atomic E-state index is 0. The largest absolute Gasteiger partial charge is 0.270 e. The van der Waals surface area contributed by atoms with Gasteiger partial charge in [-0.2, -0.15) is 11.3 Å². The fourth-order valence-corrected chi connectivity index (χ4v) is 9.95. The van der Waals surface area contributed by atoms with E-state index in [-0.39, 0.29) is 58.9 Å². The van der Waals surface area contributed by atoms with Crippen molar-refractivity contribution in [2.45, 2.75) is 34.1 Å². The summed E-state index contributed by atoms with van der Waals surface area (Å²) in [6.07, 6.45) is 6.93. The third kappa shape index (κ3) is 5.70. The molecule has 1 aliphatic carbocycles. The van der Waals surface area contributed by atoms with Gasteiger partial charge in [-0.1, -0.05) is 112 Å². The number of halogens is 3. The Hall–Kier alpha value is -1.06. The van der Waals surface area contributed by atoms with Crippen LogP contribution in [0.5, 0.6) is 0 Å². The summed E-state index contributed by atoms with van der Waals surface area (Å²) in [6, 6.07) is 27.5. The summed E-state index contributed by atoms with van der Waals surface area (Å²) in [6.45, 7) is 8.84. The van der Waals surface area contributed by atoms with Crippen LogP contribution in [0.15, 0.2) is 89.6 Å². The molecule has 0 radical (unpaired) electrons. The summed E-state index contributed by atoms with van der Waals surface area (Å²) in [4.78, 5) is 0. The predicted molar refractivity (Wildman–Crippen MR) is 145 cm³/mol. The number of aryl methyl sites for hydroxylation is 3. The first-order valence-corrected chi connectivity index (χ1v) is 12.0. The Balaban J connectivity index is 0.00000240. The van der Waals surface area contributed by atoms with Crippen LogP contribution in [0.4, 0.5) is 0 Å². The summed E-state index contributed by atoms with van der Waals surface area (Å²) < 4.78 is 0. The van der Waals surface area contributed by atoms with Gasteiger partial charge in [-0.15, -0.1) is 43.6 Å². The summed E-state index contributed by atoms with van der Waals surface area (Å²) in [5.74, 6) is 0. The van der Waals surface area contributed by atoms with Crippen LogP contribution in [-0.2, 0) is 21.7 Å². The fraction of sp³-hybridized carbons (Fsp3) is 0.185. The molecule has 0 amide bonds. The SMILES string of the molecule is CC1=[C-]CC=C1[Si](c1cccc(C)c1)(c1cccc(C)c1)c1cccc(C)c1.Cl.Cl.Cl.[Ti]. The molecule has 0 spiro atoms. The van der Waals surface area contributed by atoms with E-state index >= 15 is 0 Å². The molecule has 0 saturated heterocycles. The van der Waals surface area contributed by atoms with Crippen LogP contribution in [0, 0.1) is 26.8 Å². The van der Waals surface area contributed by atoms with E-state index in [2.05, 4.69) is 113 Å². The maximum atomic E-state index is 3.59. The van der Waals surface area contributed by atoms with Crippen LogP contribution in [-0.4, -0.2) is 8.07 Å². The molecule has 4 rings (SSSR count). The quantitative estimate of drug-likeness (QED) is 0.219. The van der Waals surface area contributed by atoms with Gasteiger partial charge in [0.1, 0.15) is 0 Å². The second-order valence-corrected chi connectivity index (χ2v) is 11.8. The average Bonchev–Trinajstić information content (AvgIpc) is 3.09. The maximum absolute atomic E-state index is 3.59. The van der Waals surface area contributed by atoms with Gasteiger partial charge in [0.2, 0.25) is 0 Å². The van der Waals surface area contributed by atoms with Crippen LogP contribution < -0.4 is 15.6 Å². The molecule has 0 fully saturated rings. The van der Waals surface area contributed by atoms with Crippen molar-refractivity contribution in [3.05, 3.63) is 112 Å². The molecule has 3 aromatic carbocycles. The van der Waals surface area contributed by atoms with E-state index in [1.165, 1.54) is 43.0 Å². The molecule has 0 atom stereocenters. The van der Waals surface area contributed by atoms with E-state index in [9.17, 15) is 0 Å². The second kappa shape index (κ2) is 13.0. The van der Waals surface area contributed by atoms with Crippen molar-refractivity contribution < 1.29 is 21.7 Å². The van der Waals surface area contributed by atoms with E-state index in [0.29, 0.717) is 0 Å². The van der Waals surface area contributed by atoms with Crippen LogP contribution in [0.3, 0.4) is 0 Å². The molecular weight excluding hydrogens is 507 g/mol. The van der Waals surface area contributed by atoms with Gasteiger partial charge in [0.15, 0.2) is 0 Å². The Kier molecular flexibility index (Phi) is 12.6. The number of rotatable bonds is 4. The first kappa shape index (κ1) is 30.9. The standard InChI is InChI=1S/C27H27Si.3ClH.Ti/c1-20-9-5-13-24(17-20)28(27-16-8-12-23(27)4,25-14-6-10-21(2)18-25)26-15-7-11-22(3)19-26;;;;/h5-7,9-11,13-19H,8H2,1-4H3;3*1H;/q-1;;;;. The molecule has 0 aliphatic heterocycles. The van der Waals surface area contributed by atoms with Crippen molar-refractivity contribution in [2.75, 3.05) is 0 Å². The number of benzene rings is 3. The van der Waals surface area contributed by atoms with Gasteiger partial charge in [-0.3, -0.25) is 6.08 Å². The molecule has 0 heterocycles. The smallest absolute Gasteiger partial charge is 0.0993 e. The summed E-state index contributed by atoms with van der Waals surface area (Å²) in [5.41, 5.74) is 5.27. The van der Waals surface area contributed by atoms with Crippen molar-refractivity contribution in [1.29, 1.82) is 0 Å². The van der Waals surface area contributed by atoms with Gasteiger partial charge in [0.05, 0.1) is 8.07 Å². The maximum Gasteiger partial charge on any atom is 0.0993 e. The fourth-order valence-electron chi connectivity index (χ4n) is 4.59. The number of allylic oxidation sites excluding steroid dienone is 4. The van der Waals surface area contributed by atoms with E-state index in [4.69, 9.17) is 0 Å². The molecule has 0 aromatic heterocycles. The molecule has 5 heteroatoms. The number of hydrogen-bond acceptors (Lipinski definition) is 0.